The quantitative estimate of drug-likeness (QED) is 0.907. The minimum atomic E-state index is -3.42. The Kier molecular flexibility index (Phi) is 4.29. The summed E-state index contributed by atoms with van der Waals surface area (Å²) in [6, 6.07) is 12.4. The Labute approximate surface area is 113 Å². The predicted octanol–water partition coefficient (Wildman–Crippen LogP) is 1.91. The molecule has 0 saturated carbocycles. The molecule has 0 fully saturated rings. The van der Waals surface area contributed by atoms with Crippen molar-refractivity contribution in [3.8, 4) is 0 Å². The fourth-order valence-electron chi connectivity index (χ4n) is 1.66. The Hall–Kier alpha value is -1.72. The number of nitrogens with one attached hydrogen (secondary N) is 1. The second-order valence-electron chi connectivity index (χ2n) is 4.28. The van der Waals surface area contributed by atoms with Crippen molar-refractivity contribution in [2.75, 3.05) is 6.54 Å². The highest BCUT2D eigenvalue weighted by Gasteiger charge is 2.12. The molecule has 0 aliphatic heterocycles. The van der Waals surface area contributed by atoms with Crippen LogP contribution >= 0.6 is 0 Å². The van der Waals surface area contributed by atoms with Crippen LogP contribution in [0.1, 0.15) is 11.3 Å². The monoisotopic (exact) mass is 276 g/mol. The van der Waals surface area contributed by atoms with Crippen molar-refractivity contribution >= 4 is 10.0 Å². The normalized spacial score (nSPS) is 11.4. The molecular weight excluding hydrogens is 260 g/mol. The van der Waals surface area contributed by atoms with Gasteiger partial charge in [0, 0.05) is 24.9 Å². The van der Waals surface area contributed by atoms with E-state index in [-0.39, 0.29) is 0 Å². The second-order valence-corrected chi connectivity index (χ2v) is 6.05. The molecule has 100 valence electrons. The highest BCUT2D eigenvalue weighted by Crippen LogP contribution is 2.09. The standard InChI is InChI=1S/C14H16N2O2S/c1-12-5-7-14(8-6-12)19(17,18)16-11-9-13-4-2-3-10-15-13/h2-8,10,16H,9,11H2,1H3. The second kappa shape index (κ2) is 5.95. The van der Waals surface area contributed by atoms with E-state index in [0.29, 0.717) is 17.9 Å². The third-order valence-electron chi connectivity index (χ3n) is 2.73. The molecule has 0 aliphatic carbocycles. The van der Waals surface area contributed by atoms with E-state index < -0.39 is 10.0 Å². The molecule has 0 unspecified atom stereocenters. The van der Waals surface area contributed by atoms with Crippen LogP contribution in [0.25, 0.3) is 0 Å². The van der Waals surface area contributed by atoms with Crippen LogP contribution in [0.5, 0.6) is 0 Å². The van der Waals surface area contributed by atoms with Crippen LogP contribution in [0, 0.1) is 6.92 Å². The first-order valence-corrected chi connectivity index (χ1v) is 7.52. The van der Waals surface area contributed by atoms with Gasteiger partial charge in [-0.2, -0.15) is 0 Å². The lowest BCUT2D eigenvalue weighted by Gasteiger charge is -2.06. The van der Waals surface area contributed by atoms with E-state index in [1.54, 1.807) is 30.5 Å². The molecule has 1 heterocycles. The molecule has 1 aromatic heterocycles. The smallest absolute Gasteiger partial charge is 0.240 e. The molecule has 2 aromatic rings. The summed E-state index contributed by atoms with van der Waals surface area (Å²) in [4.78, 5) is 4.44. The maximum Gasteiger partial charge on any atom is 0.240 e. The Bertz CT molecular complexity index is 622. The molecule has 1 N–H and O–H groups in total. The number of sulfonamides is 1. The number of aromatic nitrogens is 1. The van der Waals surface area contributed by atoms with Gasteiger partial charge in [-0.1, -0.05) is 23.8 Å². The molecule has 2 rings (SSSR count). The number of pyridine rings is 1. The first kappa shape index (κ1) is 13.7. The molecule has 0 radical (unpaired) electrons. The van der Waals surface area contributed by atoms with Gasteiger partial charge in [-0.05, 0) is 31.2 Å². The van der Waals surface area contributed by atoms with E-state index in [2.05, 4.69) is 9.71 Å². The van der Waals surface area contributed by atoms with Gasteiger partial charge in [0.1, 0.15) is 0 Å². The van der Waals surface area contributed by atoms with Gasteiger partial charge >= 0.3 is 0 Å². The van der Waals surface area contributed by atoms with Crippen molar-refractivity contribution in [1.29, 1.82) is 0 Å². The van der Waals surface area contributed by atoms with Crippen LogP contribution in [-0.2, 0) is 16.4 Å². The highest BCUT2D eigenvalue weighted by molar-refractivity contribution is 7.89. The number of benzene rings is 1. The molecule has 0 atom stereocenters. The minimum Gasteiger partial charge on any atom is -0.261 e. The highest BCUT2D eigenvalue weighted by atomic mass is 32.2. The minimum absolute atomic E-state index is 0.291. The first-order chi connectivity index (χ1) is 9.08. The third kappa shape index (κ3) is 3.87. The zero-order chi connectivity index (χ0) is 13.7. The number of nitrogens with zero attached hydrogens (tertiary/aromatic N) is 1. The molecule has 0 saturated heterocycles. The fraction of sp³-hybridized carbons (Fsp3) is 0.214. The van der Waals surface area contributed by atoms with Gasteiger partial charge in [0.25, 0.3) is 0 Å². The van der Waals surface area contributed by atoms with Crippen LogP contribution in [0.3, 0.4) is 0 Å². The summed E-state index contributed by atoms with van der Waals surface area (Å²) in [7, 11) is -3.42. The molecule has 5 heteroatoms. The number of rotatable bonds is 5. The molecule has 0 amide bonds. The maximum absolute atomic E-state index is 12.0. The SMILES string of the molecule is Cc1ccc(S(=O)(=O)NCCc2ccccn2)cc1. The molecule has 0 spiro atoms. The summed E-state index contributed by atoms with van der Waals surface area (Å²) in [5, 5.41) is 0. The summed E-state index contributed by atoms with van der Waals surface area (Å²) >= 11 is 0. The molecule has 4 nitrogen and oxygen atoms in total. The number of hydrogen-bond acceptors (Lipinski definition) is 3. The van der Waals surface area contributed by atoms with E-state index >= 15 is 0 Å². The number of aryl methyl sites for hydroxylation is 1. The lowest BCUT2D eigenvalue weighted by molar-refractivity contribution is 0.581. The van der Waals surface area contributed by atoms with Crippen molar-refractivity contribution < 1.29 is 8.42 Å². The zero-order valence-corrected chi connectivity index (χ0v) is 11.5. The van der Waals surface area contributed by atoms with Gasteiger partial charge in [0.2, 0.25) is 10.0 Å². The van der Waals surface area contributed by atoms with Crippen LogP contribution in [0.2, 0.25) is 0 Å². The summed E-state index contributed by atoms with van der Waals surface area (Å²) in [6.07, 6.45) is 2.27. The predicted molar refractivity (Wildman–Crippen MR) is 74.3 cm³/mol. The lowest BCUT2D eigenvalue weighted by atomic mass is 10.2. The Balaban J connectivity index is 1.97. The maximum atomic E-state index is 12.0. The van der Waals surface area contributed by atoms with Crippen LogP contribution in [-0.4, -0.2) is 19.9 Å². The van der Waals surface area contributed by atoms with Crippen molar-refractivity contribution in [2.45, 2.75) is 18.2 Å². The molecule has 19 heavy (non-hydrogen) atoms. The summed E-state index contributed by atoms with van der Waals surface area (Å²) in [6.45, 7) is 2.26. The average Bonchev–Trinajstić information content (AvgIpc) is 2.40. The molecule has 0 bridgehead atoms. The largest absolute Gasteiger partial charge is 0.261 e. The third-order valence-corrected chi connectivity index (χ3v) is 4.21. The van der Waals surface area contributed by atoms with Crippen LogP contribution in [0.4, 0.5) is 0 Å². The van der Waals surface area contributed by atoms with Crippen LogP contribution < -0.4 is 4.72 Å². The fourth-order valence-corrected chi connectivity index (χ4v) is 2.69. The van der Waals surface area contributed by atoms with Crippen molar-refractivity contribution in [3.63, 3.8) is 0 Å². The first-order valence-electron chi connectivity index (χ1n) is 6.04. The van der Waals surface area contributed by atoms with E-state index in [4.69, 9.17) is 0 Å². The average molecular weight is 276 g/mol. The van der Waals surface area contributed by atoms with Gasteiger partial charge in [-0.3, -0.25) is 4.98 Å². The summed E-state index contributed by atoms with van der Waals surface area (Å²) in [5.41, 5.74) is 1.90. The van der Waals surface area contributed by atoms with E-state index in [1.165, 1.54) is 0 Å². The molecule has 1 aromatic carbocycles. The van der Waals surface area contributed by atoms with Crippen molar-refractivity contribution in [2.24, 2.45) is 0 Å². The molecular formula is C14H16N2O2S. The lowest BCUT2D eigenvalue weighted by Crippen LogP contribution is -2.26. The Morgan fingerprint density at radius 1 is 1.11 bits per heavy atom. The van der Waals surface area contributed by atoms with Crippen LogP contribution in [0.15, 0.2) is 53.6 Å². The Morgan fingerprint density at radius 2 is 1.84 bits per heavy atom. The van der Waals surface area contributed by atoms with Gasteiger partial charge in [0.15, 0.2) is 0 Å². The molecule has 0 aliphatic rings. The van der Waals surface area contributed by atoms with Crippen molar-refractivity contribution in [3.05, 3.63) is 59.9 Å². The topological polar surface area (TPSA) is 59.1 Å². The van der Waals surface area contributed by atoms with Gasteiger partial charge < -0.3 is 0 Å². The van der Waals surface area contributed by atoms with E-state index in [9.17, 15) is 8.42 Å². The zero-order valence-electron chi connectivity index (χ0n) is 10.7. The van der Waals surface area contributed by atoms with Crippen molar-refractivity contribution in [1.82, 2.24) is 9.71 Å². The number of hydrogen-bond donors (Lipinski definition) is 1. The summed E-state index contributed by atoms with van der Waals surface area (Å²) in [5.74, 6) is 0. The van der Waals surface area contributed by atoms with Gasteiger partial charge in [0.05, 0.1) is 4.90 Å². The summed E-state index contributed by atoms with van der Waals surface area (Å²) < 4.78 is 26.6. The van der Waals surface area contributed by atoms with E-state index in [1.807, 2.05) is 25.1 Å². The Morgan fingerprint density at radius 3 is 2.47 bits per heavy atom. The van der Waals surface area contributed by atoms with Gasteiger partial charge in [-0.25, -0.2) is 13.1 Å². The van der Waals surface area contributed by atoms with Gasteiger partial charge in [-0.15, -0.1) is 0 Å². The van der Waals surface area contributed by atoms with E-state index in [0.717, 1.165) is 11.3 Å².